The molecule has 0 saturated heterocycles. The number of halogens is 4. The lowest BCUT2D eigenvalue weighted by atomic mass is 10.1. The van der Waals surface area contributed by atoms with Gasteiger partial charge in [0.1, 0.15) is 5.82 Å². The zero-order valence-corrected chi connectivity index (χ0v) is 15.9. The molecule has 10 heteroatoms. The quantitative estimate of drug-likeness (QED) is 0.587. The Hall–Kier alpha value is -3.27. The van der Waals surface area contributed by atoms with Crippen LogP contribution >= 0.6 is 0 Å². The lowest BCUT2D eigenvalue weighted by Gasteiger charge is -2.11. The van der Waals surface area contributed by atoms with Gasteiger partial charge < -0.3 is 10.1 Å². The Morgan fingerprint density at radius 1 is 1.13 bits per heavy atom. The Morgan fingerprint density at radius 3 is 2.47 bits per heavy atom. The van der Waals surface area contributed by atoms with E-state index in [0.29, 0.717) is 23.5 Å². The highest BCUT2D eigenvalue weighted by Crippen LogP contribution is 2.32. The van der Waals surface area contributed by atoms with Crippen LogP contribution in [-0.2, 0) is 24.1 Å². The topological polar surface area (TPSA) is 69.0 Å². The fourth-order valence-corrected chi connectivity index (χ4v) is 2.72. The van der Waals surface area contributed by atoms with E-state index in [1.807, 2.05) is 6.92 Å². The van der Waals surface area contributed by atoms with Gasteiger partial charge in [0.15, 0.2) is 11.4 Å². The van der Waals surface area contributed by atoms with Gasteiger partial charge in [0, 0.05) is 13.2 Å². The maximum atomic E-state index is 13.6. The molecule has 0 radical (unpaired) electrons. The molecule has 6 nitrogen and oxygen atoms in total. The molecule has 3 aromatic rings. The van der Waals surface area contributed by atoms with Gasteiger partial charge in [0.25, 0.3) is 5.91 Å². The number of benzene rings is 2. The van der Waals surface area contributed by atoms with Crippen molar-refractivity contribution in [1.29, 1.82) is 0 Å². The summed E-state index contributed by atoms with van der Waals surface area (Å²) in [7, 11) is 0. The number of amides is 1. The number of alkyl halides is 3. The van der Waals surface area contributed by atoms with Crippen molar-refractivity contribution >= 4 is 5.91 Å². The summed E-state index contributed by atoms with van der Waals surface area (Å²) in [4.78, 5) is 12.4. The SMILES string of the molecule is CCOCc1ccc(CNC(=O)c2nnn(-c3cccc(F)c3)c2C(F)(F)F)cc1. The molecule has 0 aliphatic rings. The van der Waals surface area contributed by atoms with Gasteiger partial charge in [-0.2, -0.15) is 13.2 Å². The number of carbonyl (C=O) groups is 1. The van der Waals surface area contributed by atoms with Crippen molar-refractivity contribution in [3.8, 4) is 5.69 Å². The fraction of sp³-hybridized carbons (Fsp3) is 0.250. The number of carbonyl (C=O) groups excluding carboxylic acids is 1. The van der Waals surface area contributed by atoms with Gasteiger partial charge in [0.05, 0.1) is 12.3 Å². The molecule has 1 N–H and O–H groups in total. The summed E-state index contributed by atoms with van der Waals surface area (Å²) in [5, 5.41) is 9.21. The third kappa shape index (κ3) is 5.01. The molecule has 0 fully saturated rings. The summed E-state index contributed by atoms with van der Waals surface area (Å²) in [6, 6.07) is 11.5. The van der Waals surface area contributed by atoms with Crippen LogP contribution in [0.2, 0.25) is 0 Å². The van der Waals surface area contributed by atoms with Gasteiger partial charge in [-0.05, 0) is 36.2 Å². The number of nitrogens with one attached hydrogen (secondary N) is 1. The fourth-order valence-electron chi connectivity index (χ4n) is 2.72. The Balaban J connectivity index is 1.79. The molecular formula is C20H18F4N4O2. The third-order valence-corrected chi connectivity index (χ3v) is 4.16. The lowest BCUT2D eigenvalue weighted by molar-refractivity contribution is -0.143. The Morgan fingerprint density at radius 2 is 1.83 bits per heavy atom. The molecule has 0 unspecified atom stereocenters. The van der Waals surface area contributed by atoms with Crippen LogP contribution in [0.3, 0.4) is 0 Å². The van der Waals surface area contributed by atoms with Crippen LogP contribution in [-0.4, -0.2) is 27.5 Å². The predicted molar refractivity (Wildman–Crippen MR) is 99.3 cm³/mol. The first-order chi connectivity index (χ1) is 14.3. The van der Waals surface area contributed by atoms with E-state index in [1.54, 1.807) is 24.3 Å². The van der Waals surface area contributed by atoms with E-state index in [4.69, 9.17) is 4.74 Å². The maximum Gasteiger partial charge on any atom is 0.435 e. The van der Waals surface area contributed by atoms with E-state index in [9.17, 15) is 22.4 Å². The smallest absolute Gasteiger partial charge is 0.377 e. The molecule has 1 heterocycles. The van der Waals surface area contributed by atoms with E-state index in [1.165, 1.54) is 12.1 Å². The molecule has 30 heavy (non-hydrogen) atoms. The van der Waals surface area contributed by atoms with Crippen molar-refractivity contribution in [2.24, 2.45) is 0 Å². The summed E-state index contributed by atoms with van der Waals surface area (Å²) in [5.41, 5.74) is -0.838. The van der Waals surface area contributed by atoms with E-state index in [2.05, 4.69) is 15.6 Å². The second kappa shape index (κ2) is 9.04. The average molecular weight is 422 g/mol. The molecular weight excluding hydrogens is 404 g/mol. The number of ether oxygens (including phenoxy) is 1. The monoisotopic (exact) mass is 422 g/mol. The second-order valence-corrected chi connectivity index (χ2v) is 6.31. The highest BCUT2D eigenvalue weighted by Gasteiger charge is 2.42. The highest BCUT2D eigenvalue weighted by molar-refractivity contribution is 5.93. The number of hydrogen-bond donors (Lipinski definition) is 1. The Labute approximate surface area is 169 Å². The standard InChI is InChI=1S/C20H18F4N4O2/c1-2-30-12-14-8-6-13(7-9-14)11-25-19(29)17-18(20(22,23)24)28(27-26-17)16-5-3-4-15(21)10-16/h3-10H,2,11-12H2,1H3,(H,25,29). The van der Waals surface area contributed by atoms with Gasteiger partial charge in [-0.1, -0.05) is 35.5 Å². The largest absolute Gasteiger partial charge is 0.435 e. The summed E-state index contributed by atoms with van der Waals surface area (Å²) < 4.78 is 59.9. The minimum absolute atomic E-state index is 0.00211. The normalized spacial score (nSPS) is 11.5. The number of hydrogen-bond acceptors (Lipinski definition) is 4. The molecule has 0 aliphatic heterocycles. The maximum absolute atomic E-state index is 13.6. The number of rotatable bonds is 7. The molecule has 158 valence electrons. The summed E-state index contributed by atoms with van der Waals surface area (Å²) in [6.07, 6.45) is -4.93. The third-order valence-electron chi connectivity index (χ3n) is 4.16. The first kappa shape index (κ1) is 21.4. The van der Waals surface area contributed by atoms with Crippen LogP contribution in [0.15, 0.2) is 48.5 Å². The van der Waals surface area contributed by atoms with Crippen molar-refractivity contribution < 1.29 is 27.1 Å². The van der Waals surface area contributed by atoms with Crippen molar-refractivity contribution in [1.82, 2.24) is 20.3 Å². The molecule has 1 aromatic heterocycles. The van der Waals surface area contributed by atoms with Crippen LogP contribution in [0.5, 0.6) is 0 Å². The average Bonchev–Trinajstić information content (AvgIpc) is 3.17. The summed E-state index contributed by atoms with van der Waals surface area (Å²) >= 11 is 0. The molecule has 0 spiro atoms. The molecule has 2 aromatic carbocycles. The number of aromatic nitrogens is 3. The molecule has 0 saturated carbocycles. The minimum Gasteiger partial charge on any atom is -0.377 e. The lowest BCUT2D eigenvalue weighted by Crippen LogP contribution is -2.27. The van der Waals surface area contributed by atoms with E-state index < -0.39 is 29.3 Å². The van der Waals surface area contributed by atoms with Crippen LogP contribution in [0.25, 0.3) is 5.69 Å². The molecule has 0 atom stereocenters. The van der Waals surface area contributed by atoms with Gasteiger partial charge in [0.2, 0.25) is 0 Å². The molecule has 1 amide bonds. The van der Waals surface area contributed by atoms with Gasteiger partial charge in [-0.25, -0.2) is 9.07 Å². The van der Waals surface area contributed by atoms with Crippen molar-refractivity contribution in [2.45, 2.75) is 26.3 Å². The van der Waals surface area contributed by atoms with Crippen molar-refractivity contribution in [2.75, 3.05) is 6.61 Å². The van der Waals surface area contributed by atoms with Gasteiger partial charge >= 0.3 is 6.18 Å². The molecule has 0 bridgehead atoms. The van der Waals surface area contributed by atoms with E-state index in [0.717, 1.165) is 17.7 Å². The summed E-state index contributed by atoms with van der Waals surface area (Å²) in [5.74, 6) is -1.78. The number of nitrogens with zero attached hydrogens (tertiary/aromatic N) is 3. The van der Waals surface area contributed by atoms with E-state index >= 15 is 0 Å². The highest BCUT2D eigenvalue weighted by atomic mass is 19.4. The van der Waals surface area contributed by atoms with Gasteiger partial charge in [-0.15, -0.1) is 5.10 Å². The Kier molecular flexibility index (Phi) is 6.46. The van der Waals surface area contributed by atoms with Crippen LogP contribution < -0.4 is 5.32 Å². The zero-order valence-electron chi connectivity index (χ0n) is 15.9. The van der Waals surface area contributed by atoms with Crippen LogP contribution in [0.1, 0.15) is 34.2 Å². The van der Waals surface area contributed by atoms with E-state index in [-0.39, 0.29) is 12.2 Å². The first-order valence-corrected chi connectivity index (χ1v) is 9.02. The Bertz CT molecular complexity index is 1020. The first-order valence-electron chi connectivity index (χ1n) is 9.02. The zero-order chi connectivity index (χ0) is 21.7. The minimum atomic E-state index is -4.93. The molecule has 0 aliphatic carbocycles. The van der Waals surface area contributed by atoms with Crippen molar-refractivity contribution in [3.63, 3.8) is 0 Å². The van der Waals surface area contributed by atoms with Gasteiger partial charge in [-0.3, -0.25) is 4.79 Å². The van der Waals surface area contributed by atoms with Crippen molar-refractivity contribution in [3.05, 3.63) is 76.9 Å². The predicted octanol–water partition coefficient (Wildman–Crippen LogP) is 3.89. The second-order valence-electron chi connectivity index (χ2n) is 6.31. The van der Waals surface area contributed by atoms with Crippen LogP contribution in [0.4, 0.5) is 17.6 Å². The van der Waals surface area contributed by atoms with Crippen LogP contribution in [0, 0.1) is 5.82 Å². The molecule has 3 rings (SSSR count). The summed E-state index contributed by atoms with van der Waals surface area (Å²) in [6.45, 7) is 2.90.